The Hall–Kier alpha value is -1.53. The summed E-state index contributed by atoms with van der Waals surface area (Å²) < 4.78 is 18.9. The third-order valence-corrected chi connectivity index (χ3v) is 4.34. The summed E-state index contributed by atoms with van der Waals surface area (Å²) in [7, 11) is 0. The number of carbonyl (C=O) groups excluding carboxylic acids is 2. The van der Waals surface area contributed by atoms with Crippen molar-refractivity contribution in [3.63, 3.8) is 0 Å². The molecule has 1 aliphatic heterocycles. The Morgan fingerprint density at radius 2 is 1.80 bits per heavy atom. The number of hydrogen-bond donors (Lipinski definition) is 1. The summed E-state index contributed by atoms with van der Waals surface area (Å²) in [6.07, 6.45) is 0.803. The number of nitrogens with zero attached hydrogens (tertiary/aromatic N) is 1. The van der Waals surface area contributed by atoms with E-state index in [1.165, 1.54) is 6.07 Å². The van der Waals surface area contributed by atoms with Gasteiger partial charge in [0.1, 0.15) is 11.4 Å². The highest BCUT2D eigenvalue weighted by atomic mass is 35.5. The molecule has 0 spiro atoms. The van der Waals surface area contributed by atoms with Crippen LogP contribution in [0.25, 0.3) is 0 Å². The van der Waals surface area contributed by atoms with Gasteiger partial charge in [0.25, 0.3) is 5.91 Å². The fourth-order valence-corrected chi connectivity index (χ4v) is 2.96. The first-order valence-corrected chi connectivity index (χ1v) is 8.76. The number of carbonyl (C=O) groups is 2. The molecule has 5 nitrogen and oxygen atoms in total. The maximum Gasteiger partial charge on any atom is 0.410 e. The summed E-state index contributed by atoms with van der Waals surface area (Å²) in [5.41, 5.74) is -0.504. The molecule has 1 N–H and O–H groups in total. The second-order valence-electron chi connectivity index (χ2n) is 6.96. The topological polar surface area (TPSA) is 58.6 Å². The molecule has 0 atom stereocenters. The average molecular weight is 391 g/mol. The summed E-state index contributed by atoms with van der Waals surface area (Å²) >= 11 is 11.6. The minimum atomic E-state index is -0.698. The van der Waals surface area contributed by atoms with Crippen LogP contribution in [-0.4, -0.2) is 41.6 Å². The summed E-state index contributed by atoms with van der Waals surface area (Å²) in [5, 5.41) is 2.78. The van der Waals surface area contributed by atoms with Gasteiger partial charge in [-0.05, 0) is 45.7 Å². The molecule has 0 bridgehead atoms. The van der Waals surface area contributed by atoms with Crippen LogP contribution in [0.15, 0.2) is 12.1 Å². The maximum atomic E-state index is 13.5. The summed E-state index contributed by atoms with van der Waals surface area (Å²) in [6, 6.07) is 2.11. The van der Waals surface area contributed by atoms with E-state index in [9.17, 15) is 14.0 Å². The van der Waals surface area contributed by atoms with Gasteiger partial charge in [-0.3, -0.25) is 4.79 Å². The van der Waals surface area contributed by atoms with Gasteiger partial charge >= 0.3 is 6.09 Å². The number of hydrogen-bond acceptors (Lipinski definition) is 3. The molecular weight excluding hydrogens is 370 g/mol. The number of benzene rings is 1. The Morgan fingerprint density at radius 1 is 1.20 bits per heavy atom. The molecule has 8 heteroatoms. The fourth-order valence-electron chi connectivity index (χ4n) is 2.49. The second-order valence-corrected chi connectivity index (χ2v) is 7.78. The van der Waals surface area contributed by atoms with Gasteiger partial charge in [0.05, 0.1) is 15.6 Å². The van der Waals surface area contributed by atoms with E-state index in [4.69, 9.17) is 27.9 Å². The number of ether oxygens (including phenoxy) is 1. The zero-order chi connectivity index (χ0) is 18.8. The molecule has 0 aliphatic carbocycles. The quantitative estimate of drug-likeness (QED) is 0.767. The Balaban J connectivity index is 1.91. The molecule has 1 aliphatic rings. The van der Waals surface area contributed by atoms with Gasteiger partial charge < -0.3 is 15.0 Å². The van der Waals surface area contributed by atoms with Crippen molar-refractivity contribution in [3.05, 3.63) is 33.6 Å². The van der Waals surface area contributed by atoms with Crippen molar-refractivity contribution >= 4 is 35.2 Å². The minimum absolute atomic E-state index is 0.0399. The highest BCUT2D eigenvalue weighted by molar-refractivity contribution is 6.36. The molecule has 1 saturated heterocycles. The van der Waals surface area contributed by atoms with Gasteiger partial charge in [-0.25, -0.2) is 9.18 Å². The van der Waals surface area contributed by atoms with Crippen LogP contribution in [0.2, 0.25) is 10.0 Å². The van der Waals surface area contributed by atoms with E-state index in [0.29, 0.717) is 25.9 Å². The van der Waals surface area contributed by atoms with Crippen LogP contribution in [0.1, 0.15) is 44.0 Å². The summed E-state index contributed by atoms with van der Waals surface area (Å²) in [4.78, 5) is 25.9. The summed E-state index contributed by atoms with van der Waals surface area (Å²) in [6.45, 7) is 6.39. The minimum Gasteiger partial charge on any atom is -0.444 e. The van der Waals surface area contributed by atoms with Crippen LogP contribution in [0, 0.1) is 5.82 Å². The Kier molecular flexibility index (Phi) is 6.16. The van der Waals surface area contributed by atoms with Crippen LogP contribution < -0.4 is 5.32 Å². The highest BCUT2D eigenvalue weighted by Gasteiger charge is 2.28. The highest BCUT2D eigenvalue weighted by Crippen LogP contribution is 2.25. The van der Waals surface area contributed by atoms with Gasteiger partial charge in [0, 0.05) is 19.1 Å². The molecule has 0 aromatic heterocycles. The largest absolute Gasteiger partial charge is 0.444 e. The molecule has 1 fully saturated rings. The molecule has 0 saturated carbocycles. The van der Waals surface area contributed by atoms with Crippen molar-refractivity contribution in [2.75, 3.05) is 13.1 Å². The zero-order valence-corrected chi connectivity index (χ0v) is 15.9. The van der Waals surface area contributed by atoms with Crippen molar-refractivity contribution < 1.29 is 18.7 Å². The van der Waals surface area contributed by atoms with Crippen LogP contribution in [0.4, 0.5) is 9.18 Å². The maximum absolute atomic E-state index is 13.5. The van der Waals surface area contributed by atoms with Crippen LogP contribution >= 0.6 is 23.2 Å². The SMILES string of the molecule is CC(C)(C)OC(=O)N1CCC(NC(=O)c2cc(F)c(Cl)cc2Cl)CC1. The van der Waals surface area contributed by atoms with Crippen molar-refractivity contribution in [1.82, 2.24) is 10.2 Å². The zero-order valence-electron chi connectivity index (χ0n) is 14.4. The summed E-state index contributed by atoms with van der Waals surface area (Å²) in [5.74, 6) is -1.16. The first-order valence-electron chi connectivity index (χ1n) is 8.00. The lowest BCUT2D eigenvalue weighted by Gasteiger charge is -2.33. The van der Waals surface area contributed by atoms with Crippen molar-refractivity contribution in [3.8, 4) is 0 Å². The molecular formula is C17H21Cl2FN2O3. The molecule has 1 aromatic carbocycles. The molecule has 2 rings (SSSR count). The molecule has 1 heterocycles. The second kappa shape index (κ2) is 7.79. The fraction of sp³-hybridized carbons (Fsp3) is 0.529. The van der Waals surface area contributed by atoms with Crippen molar-refractivity contribution in [2.45, 2.75) is 45.3 Å². The predicted molar refractivity (Wildman–Crippen MR) is 94.7 cm³/mol. The van der Waals surface area contributed by atoms with Crippen molar-refractivity contribution in [2.24, 2.45) is 0 Å². The molecule has 138 valence electrons. The Labute approximate surface area is 156 Å². The van der Waals surface area contributed by atoms with E-state index in [1.807, 2.05) is 20.8 Å². The van der Waals surface area contributed by atoms with Crippen LogP contribution in [0.3, 0.4) is 0 Å². The van der Waals surface area contributed by atoms with E-state index in [2.05, 4.69) is 5.32 Å². The lowest BCUT2D eigenvalue weighted by Crippen LogP contribution is -2.47. The first-order chi connectivity index (χ1) is 11.6. The lowest BCUT2D eigenvalue weighted by molar-refractivity contribution is 0.0199. The standard InChI is InChI=1S/C17H21Cl2FN2O3/c1-17(2,3)25-16(24)22-6-4-10(5-7-22)21-15(23)11-8-14(20)13(19)9-12(11)18/h8-10H,4-7H2,1-3H3,(H,21,23). The van der Waals surface area contributed by atoms with Crippen molar-refractivity contribution in [1.29, 1.82) is 0 Å². The van der Waals surface area contributed by atoms with Crippen LogP contribution in [-0.2, 0) is 4.74 Å². The van der Waals surface area contributed by atoms with E-state index in [0.717, 1.165) is 6.07 Å². The molecule has 2 amide bonds. The van der Waals surface area contributed by atoms with Gasteiger partial charge in [0.15, 0.2) is 0 Å². The monoisotopic (exact) mass is 390 g/mol. The first kappa shape index (κ1) is 19.8. The number of rotatable bonds is 2. The van der Waals surface area contributed by atoms with Gasteiger partial charge in [-0.15, -0.1) is 0 Å². The van der Waals surface area contributed by atoms with E-state index >= 15 is 0 Å². The van der Waals surface area contributed by atoms with E-state index < -0.39 is 17.3 Å². The smallest absolute Gasteiger partial charge is 0.410 e. The number of piperidine rings is 1. The lowest BCUT2D eigenvalue weighted by atomic mass is 10.0. The molecule has 0 radical (unpaired) electrons. The third-order valence-electron chi connectivity index (χ3n) is 3.74. The average Bonchev–Trinajstić information content (AvgIpc) is 2.49. The van der Waals surface area contributed by atoms with E-state index in [1.54, 1.807) is 4.90 Å². The van der Waals surface area contributed by atoms with Gasteiger partial charge in [0.2, 0.25) is 0 Å². The number of likely N-dealkylation sites (tertiary alicyclic amines) is 1. The van der Waals surface area contributed by atoms with Crippen LogP contribution in [0.5, 0.6) is 0 Å². The number of nitrogens with one attached hydrogen (secondary N) is 1. The third kappa shape index (κ3) is 5.47. The van der Waals surface area contributed by atoms with Gasteiger partial charge in [-0.2, -0.15) is 0 Å². The van der Waals surface area contributed by atoms with E-state index in [-0.39, 0.29) is 27.7 Å². The van der Waals surface area contributed by atoms with Gasteiger partial charge in [-0.1, -0.05) is 23.2 Å². The number of halogens is 3. The Bertz CT molecular complexity index is 669. The normalized spacial score (nSPS) is 15.8. The Morgan fingerprint density at radius 3 is 2.36 bits per heavy atom. The molecule has 0 unspecified atom stereocenters. The molecule has 1 aromatic rings. The molecule has 25 heavy (non-hydrogen) atoms. The number of amides is 2. The predicted octanol–water partition coefficient (Wildman–Crippen LogP) is 4.26.